The van der Waals surface area contributed by atoms with E-state index in [9.17, 15) is 25.1 Å². The fraction of sp³-hybridized carbons (Fsp3) is 0.682. The van der Waals surface area contributed by atoms with Crippen molar-refractivity contribution in [3.05, 3.63) is 34.4 Å². The number of hydrogen-bond donors (Lipinski definition) is 2. The van der Waals surface area contributed by atoms with Gasteiger partial charge in [0.25, 0.3) is 5.69 Å². The van der Waals surface area contributed by atoms with Crippen LogP contribution in [0.15, 0.2) is 24.3 Å². The average Bonchev–Trinajstić information content (AvgIpc) is 2.98. The first-order valence-corrected chi connectivity index (χ1v) is 11.2. The summed E-state index contributed by atoms with van der Waals surface area (Å²) in [6.45, 7) is 6.22. The Labute approximate surface area is 191 Å². The SMILES string of the molecule is C[C@H]1[C@@H](O)O[C@@H]2OC3(C)CC[C@H]4[C@H](C)CC[C@@H]1[C@@]24OO3.O=C([O-])Nc1cccc([N+](=O)[O-])c1. The highest BCUT2D eigenvalue weighted by Crippen LogP contribution is 2.60. The normalized spacial score (nSPS) is 41.1. The molecule has 1 aromatic rings. The summed E-state index contributed by atoms with van der Waals surface area (Å²) in [6, 6.07) is 5.14. The molecule has 2 bridgehead atoms. The maximum atomic E-state index is 10.3. The number of nitrogens with one attached hydrogen (secondary N) is 1. The summed E-state index contributed by atoms with van der Waals surface area (Å²) in [5.74, 6) is 0.437. The first kappa shape index (κ1) is 23.8. The second kappa shape index (κ2) is 8.80. The zero-order valence-electron chi connectivity index (χ0n) is 18.8. The largest absolute Gasteiger partial charge is 0.530 e. The molecule has 182 valence electrons. The Kier molecular flexibility index (Phi) is 6.36. The highest BCUT2D eigenvalue weighted by atomic mass is 17.3. The van der Waals surface area contributed by atoms with Crippen molar-refractivity contribution < 1.29 is 39.2 Å². The Bertz CT molecular complexity index is 910. The van der Waals surface area contributed by atoms with Gasteiger partial charge in [0, 0.05) is 36.1 Å². The summed E-state index contributed by atoms with van der Waals surface area (Å²) in [5.41, 5.74) is -0.604. The Balaban J connectivity index is 0.000000174. The molecular weight excluding hydrogens is 436 g/mol. The Morgan fingerprint density at radius 3 is 2.67 bits per heavy atom. The van der Waals surface area contributed by atoms with Crippen molar-refractivity contribution in [2.24, 2.45) is 23.7 Å². The van der Waals surface area contributed by atoms with Crippen LogP contribution >= 0.6 is 0 Å². The van der Waals surface area contributed by atoms with Gasteiger partial charge in [-0.25, -0.2) is 9.78 Å². The second-order valence-corrected chi connectivity index (χ2v) is 9.52. The lowest BCUT2D eigenvalue weighted by Gasteiger charge is -2.59. The van der Waals surface area contributed by atoms with E-state index in [1.807, 2.05) is 19.2 Å². The van der Waals surface area contributed by atoms with Gasteiger partial charge in [-0.3, -0.25) is 10.1 Å². The van der Waals surface area contributed by atoms with Crippen molar-refractivity contribution in [3.8, 4) is 0 Å². The molecule has 5 fully saturated rings. The summed E-state index contributed by atoms with van der Waals surface area (Å²) in [4.78, 5) is 31.3. The van der Waals surface area contributed by atoms with E-state index in [4.69, 9.17) is 19.2 Å². The molecule has 1 spiro atoms. The smallest absolute Gasteiger partial charge is 0.271 e. The van der Waals surface area contributed by atoms with Gasteiger partial charge in [-0.1, -0.05) is 19.9 Å². The molecule has 4 heterocycles. The molecule has 1 aliphatic carbocycles. The molecule has 8 atom stereocenters. The molecule has 0 aromatic heterocycles. The van der Waals surface area contributed by atoms with Crippen LogP contribution in [0.1, 0.15) is 46.5 Å². The topological polar surface area (TPSA) is 152 Å². The zero-order valence-corrected chi connectivity index (χ0v) is 18.8. The predicted molar refractivity (Wildman–Crippen MR) is 111 cm³/mol. The van der Waals surface area contributed by atoms with Crippen molar-refractivity contribution in [2.45, 2.75) is 70.4 Å². The molecular formula is C22H29N2O9-. The van der Waals surface area contributed by atoms with Crippen LogP contribution in [-0.4, -0.2) is 40.1 Å². The summed E-state index contributed by atoms with van der Waals surface area (Å²) in [7, 11) is 0. The molecule has 1 amide bonds. The maximum Gasteiger partial charge on any atom is 0.271 e. The first-order chi connectivity index (χ1) is 15.6. The second-order valence-electron chi connectivity index (χ2n) is 9.52. The Morgan fingerprint density at radius 1 is 1.21 bits per heavy atom. The molecule has 33 heavy (non-hydrogen) atoms. The van der Waals surface area contributed by atoms with Gasteiger partial charge in [-0.15, -0.1) is 0 Å². The van der Waals surface area contributed by atoms with Gasteiger partial charge in [0.1, 0.15) is 6.09 Å². The number of aliphatic hydroxyl groups is 1. The minimum atomic E-state index is -1.50. The monoisotopic (exact) mass is 465 g/mol. The number of amides is 1. The van der Waals surface area contributed by atoms with Crippen molar-refractivity contribution in [2.75, 3.05) is 5.32 Å². The van der Waals surface area contributed by atoms with Crippen LogP contribution in [-0.2, 0) is 19.2 Å². The molecule has 6 rings (SSSR count). The highest BCUT2D eigenvalue weighted by Gasteiger charge is 2.69. The number of benzene rings is 1. The van der Waals surface area contributed by atoms with E-state index in [0.29, 0.717) is 11.8 Å². The summed E-state index contributed by atoms with van der Waals surface area (Å²) in [5, 5.41) is 32.4. The van der Waals surface area contributed by atoms with Crippen molar-refractivity contribution in [1.29, 1.82) is 0 Å². The fourth-order valence-electron chi connectivity index (χ4n) is 5.70. The maximum absolute atomic E-state index is 10.3. The minimum Gasteiger partial charge on any atom is -0.530 e. The lowest BCUT2D eigenvalue weighted by atomic mass is 9.58. The number of carbonyl (C=O) groups is 1. The summed E-state index contributed by atoms with van der Waals surface area (Å²) >= 11 is 0. The number of nitro groups is 1. The number of non-ortho nitro benzene ring substituents is 1. The third-order valence-corrected chi connectivity index (χ3v) is 7.43. The molecule has 4 aliphatic heterocycles. The van der Waals surface area contributed by atoms with Gasteiger partial charge >= 0.3 is 0 Å². The number of ether oxygens (including phenoxy) is 2. The number of anilines is 1. The van der Waals surface area contributed by atoms with Crippen molar-refractivity contribution in [1.82, 2.24) is 0 Å². The van der Waals surface area contributed by atoms with Crippen LogP contribution in [0.4, 0.5) is 16.2 Å². The predicted octanol–water partition coefficient (Wildman–Crippen LogP) is 2.54. The fourth-order valence-corrected chi connectivity index (χ4v) is 5.70. The number of aliphatic hydroxyl groups excluding tert-OH is 1. The molecule has 1 unspecified atom stereocenters. The van der Waals surface area contributed by atoms with E-state index in [2.05, 4.69) is 6.92 Å². The standard InChI is InChI=1S/C15H24O5.C7H6N2O4/c1-8-4-5-11-9(2)12(16)17-13-15(11)10(8)6-7-14(3,18-13)19-20-15;10-7(11)8-5-2-1-3-6(4-5)9(12)13/h8-13,16H,4-7H2,1-3H3;1-4,8H,(H,10,11)/p-1/t8-,9-,10+,11+,12+,13-,14?,15-;/m1./s1. The third kappa shape index (κ3) is 4.31. The number of rotatable bonds is 2. The molecule has 2 N–H and O–H groups in total. The lowest BCUT2D eigenvalue weighted by molar-refractivity contribution is -0.576. The van der Waals surface area contributed by atoms with Gasteiger partial charge in [-0.2, -0.15) is 0 Å². The van der Waals surface area contributed by atoms with E-state index in [1.54, 1.807) is 0 Å². The van der Waals surface area contributed by atoms with Gasteiger partial charge in [-0.05, 0) is 44.1 Å². The average molecular weight is 465 g/mol. The molecule has 1 saturated carbocycles. The van der Waals surface area contributed by atoms with E-state index >= 15 is 0 Å². The number of carboxylic acid groups (broad SMARTS) is 1. The van der Waals surface area contributed by atoms with Gasteiger partial charge in [0.2, 0.25) is 5.79 Å². The molecule has 5 aliphatic rings. The zero-order chi connectivity index (χ0) is 24.0. The van der Waals surface area contributed by atoms with Crippen molar-refractivity contribution in [3.63, 3.8) is 0 Å². The molecule has 11 heteroatoms. The van der Waals surface area contributed by atoms with Crippen LogP contribution < -0.4 is 10.4 Å². The Morgan fingerprint density at radius 2 is 1.97 bits per heavy atom. The van der Waals surface area contributed by atoms with E-state index < -0.39 is 35.0 Å². The summed E-state index contributed by atoms with van der Waals surface area (Å²) < 4.78 is 11.9. The number of carbonyl (C=O) groups excluding carboxylic acids is 1. The molecule has 1 aromatic carbocycles. The summed E-state index contributed by atoms with van der Waals surface area (Å²) in [6.07, 6.45) is 1.22. The van der Waals surface area contributed by atoms with E-state index in [1.165, 1.54) is 24.6 Å². The number of nitro benzene ring substituents is 1. The first-order valence-electron chi connectivity index (χ1n) is 11.2. The van der Waals surface area contributed by atoms with Crippen LogP contribution in [0.25, 0.3) is 0 Å². The van der Waals surface area contributed by atoms with E-state index in [0.717, 1.165) is 25.3 Å². The molecule has 4 saturated heterocycles. The van der Waals surface area contributed by atoms with Crippen LogP contribution in [0.2, 0.25) is 0 Å². The van der Waals surface area contributed by atoms with Gasteiger partial charge in [0.15, 0.2) is 18.2 Å². The highest BCUT2D eigenvalue weighted by molar-refractivity contribution is 5.81. The van der Waals surface area contributed by atoms with E-state index in [-0.39, 0.29) is 23.2 Å². The quantitative estimate of drug-likeness (QED) is 0.381. The van der Waals surface area contributed by atoms with Gasteiger partial charge in [0.05, 0.1) is 4.92 Å². The minimum absolute atomic E-state index is 0.0379. The Hall–Kier alpha value is -2.31. The molecule has 11 nitrogen and oxygen atoms in total. The number of fused-ring (bicyclic) bond motifs is 2. The van der Waals surface area contributed by atoms with Gasteiger partial charge < -0.3 is 29.8 Å². The number of hydrogen-bond acceptors (Lipinski definition) is 9. The molecule has 0 radical (unpaired) electrons. The van der Waals surface area contributed by atoms with Crippen LogP contribution in [0.3, 0.4) is 0 Å². The number of nitrogens with zero attached hydrogens (tertiary/aromatic N) is 1. The van der Waals surface area contributed by atoms with Crippen LogP contribution in [0, 0.1) is 33.8 Å². The lowest BCUT2D eigenvalue weighted by Crippen LogP contribution is -2.70. The third-order valence-electron chi connectivity index (χ3n) is 7.43. The van der Waals surface area contributed by atoms with Crippen LogP contribution in [0.5, 0.6) is 0 Å². The van der Waals surface area contributed by atoms with Crippen molar-refractivity contribution >= 4 is 17.5 Å².